The van der Waals surface area contributed by atoms with Gasteiger partial charge in [-0.15, -0.1) is 11.8 Å². The van der Waals surface area contributed by atoms with Gasteiger partial charge in [0.25, 0.3) is 0 Å². The first kappa shape index (κ1) is 16.2. The van der Waals surface area contributed by atoms with Crippen LogP contribution in [0.3, 0.4) is 0 Å². The fourth-order valence-corrected chi connectivity index (χ4v) is 5.20. The zero-order valence-electron chi connectivity index (χ0n) is 14.8. The van der Waals surface area contributed by atoms with Crippen LogP contribution >= 0.6 is 11.8 Å². The van der Waals surface area contributed by atoms with Crippen molar-refractivity contribution >= 4 is 16.7 Å². The lowest BCUT2D eigenvalue weighted by Gasteiger charge is -2.30. The van der Waals surface area contributed by atoms with E-state index in [1.807, 2.05) is 11.8 Å². The van der Waals surface area contributed by atoms with Crippen LogP contribution in [0.4, 0.5) is 0 Å². The third-order valence-corrected chi connectivity index (χ3v) is 6.44. The fourth-order valence-electron chi connectivity index (χ4n) is 3.72. The third kappa shape index (κ3) is 2.83. The van der Waals surface area contributed by atoms with Crippen LogP contribution in [-0.4, -0.2) is 0 Å². The Morgan fingerprint density at radius 2 is 1.52 bits per heavy atom. The van der Waals surface area contributed by atoms with Gasteiger partial charge in [-0.25, -0.2) is 0 Å². The van der Waals surface area contributed by atoms with E-state index in [0.717, 1.165) is 6.42 Å². The molecule has 1 aliphatic heterocycles. The minimum atomic E-state index is -0.102. The Balaban J connectivity index is 1.92. The monoisotopic (exact) mass is 342 g/mol. The predicted molar refractivity (Wildman–Crippen MR) is 110 cm³/mol. The van der Waals surface area contributed by atoms with Gasteiger partial charge in [0.2, 0.25) is 0 Å². The molecule has 3 aromatic rings. The molecule has 0 nitrogen and oxygen atoms in total. The second-order valence-electron chi connectivity index (χ2n) is 6.93. The molecule has 0 spiro atoms. The summed E-state index contributed by atoms with van der Waals surface area (Å²) < 4.78 is -0.102. The molecule has 124 valence electrons. The van der Waals surface area contributed by atoms with E-state index in [9.17, 15) is 0 Å². The number of hydrogen-bond donors (Lipinski definition) is 0. The number of thioether (sulfide) groups is 1. The van der Waals surface area contributed by atoms with Crippen LogP contribution in [0.15, 0.2) is 79.4 Å². The molecule has 0 amide bonds. The Morgan fingerprint density at radius 3 is 2.24 bits per heavy atom. The molecule has 0 radical (unpaired) electrons. The van der Waals surface area contributed by atoms with Crippen molar-refractivity contribution < 1.29 is 0 Å². The number of rotatable bonds is 3. The van der Waals surface area contributed by atoms with Crippen molar-refractivity contribution in [2.75, 3.05) is 0 Å². The van der Waals surface area contributed by atoms with Gasteiger partial charge in [0.05, 0.1) is 4.75 Å². The maximum Gasteiger partial charge on any atom is 0.0750 e. The minimum Gasteiger partial charge on any atom is -0.109 e. The summed E-state index contributed by atoms with van der Waals surface area (Å²) in [6, 6.07) is 26.6. The van der Waals surface area contributed by atoms with Gasteiger partial charge in [-0.2, -0.15) is 0 Å². The molecule has 1 aliphatic rings. The molecule has 0 aliphatic carbocycles. The van der Waals surface area contributed by atoms with Crippen molar-refractivity contribution in [3.05, 3.63) is 113 Å². The van der Waals surface area contributed by atoms with Crippen LogP contribution in [0.5, 0.6) is 0 Å². The summed E-state index contributed by atoms with van der Waals surface area (Å²) in [7, 11) is 0. The van der Waals surface area contributed by atoms with Crippen LogP contribution in [0.1, 0.15) is 33.4 Å². The molecule has 0 fully saturated rings. The molecule has 0 saturated heterocycles. The Morgan fingerprint density at radius 1 is 0.840 bits per heavy atom. The van der Waals surface area contributed by atoms with Crippen LogP contribution in [0.2, 0.25) is 0 Å². The molecule has 0 bridgehead atoms. The Kier molecular flexibility index (Phi) is 4.05. The fraction of sp³-hybridized carbons (Fsp3) is 0.167. The number of fused-ring (bicyclic) bond motifs is 1. The highest BCUT2D eigenvalue weighted by Crippen LogP contribution is 2.58. The summed E-state index contributed by atoms with van der Waals surface area (Å²) in [5, 5.41) is 0. The zero-order chi connectivity index (χ0) is 17.4. The van der Waals surface area contributed by atoms with E-state index in [0.29, 0.717) is 0 Å². The van der Waals surface area contributed by atoms with Crippen LogP contribution in [0.25, 0.3) is 4.91 Å². The van der Waals surface area contributed by atoms with E-state index in [1.54, 1.807) is 0 Å². The molecule has 1 heteroatoms. The van der Waals surface area contributed by atoms with Crippen molar-refractivity contribution in [2.45, 2.75) is 25.0 Å². The first-order valence-corrected chi connectivity index (χ1v) is 9.51. The van der Waals surface area contributed by atoms with Gasteiger partial charge in [0, 0.05) is 4.91 Å². The first-order valence-electron chi connectivity index (χ1n) is 8.69. The number of hydrogen-bond acceptors (Lipinski definition) is 1. The third-order valence-electron chi connectivity index (χ3n) is 5.02. The van der Waals surface area contributed by atoms with Crippen LogP contribution < -0.4 is 0 Å². The molecule has 1 unspecified atom stereocenters. The molecule has 0 saturated carbocycles. The summed E-state index contributed by atoms with van der Waals surface area (Å²) >= 11 is 1.91. The SMILES string of the molecule is C=C1SC(Cc2ccccc2)(c2ccc(C)cc2)c2ccc(C)cc21. The number of benzene rings is 3. The Hall–Kier alpha value is -2.25. The van der Waals surface area contributed by atoms with Gasteiger partial charge < -0.3 is 0 Å². The molecule has 3 aromatic carbocycles. The normalized spacial score (nSPS) is 19.0. The largest absolute Gasteiger partial charge is 0.109 e. The first-order chi connectivity index (χ1) is 12.1. The van der Waals surface area contributed by atoms with E-state index in [1.165, 1.54) is 38.3 Å². The van der Waals surface area contributed by atoms with Crippen molar-refractivity contribution in [2.24, 2.45) is 0 Å². The molecule has 25 heavy (non-hydrogen) atoms. The standard InChI is InChI=1S/C24H22S/c1-17-9-12-21(13-10-17)24(16-20-7-5-4-6-8-20)23-14-11-18(2)15-22(23)19(3)25-24/h4-15H,3,16H2,1-2H3. The van der Waals surface area contributed by atoms with E-state index in [-0.39, 0.29) is 4.75 Å². The second-order valence-corrected chi connectivity index (χ2v) is 8.32. The highest BCUT2D eigenvalue weighted by Gasteiger charge is 2.43. The molecular weight excluding hydrogens is 320 g/mol. The predicted octanol–water partition coefficient (Wildman–Crippen LogP) is 6.51. The van der Waals surface area contributed by atoms with Gasteiger partial charge >= 0.3 is 0 Å². The smallest absolute Gasteiger partial charge is 0.0750 e. The maximum atomic E-state index is 4.38. The maximum absolute atomic E-state index is 4.38. The second kappa shape index (κ2) is 6.24. The highest BCUT2D eigenvalue weighted by molar-refractivity contribution is 8.09. The van der Waals surface area contributed by atoms with Crippen LogP contribution in [-0.2, 0) is 11.2 Å². The highest BCUT2D eigenvalue weighted by atomic mass is 32.2. The average molecular weight is 343 g/mol. The Labute approximate surface area is 154 Å². The summed E-state index contributed by atoms with van der Waals surface area (Å²) in [6.45, 7) is 8.68. The van der Waals surface area contributed by atoms with Gasteiger partial charge in [-0.05, 0) is 42.5 Å². The summed E-state index contributed by atoms with van der Waals surface area (Å²) in [5.41, 5.74) is 8.00. The van der Waals surface area contributed by atoms with Crippen molar-refractivity contribution in [3.8, 4) is 0 Å². The average Bonchev–Trinajstić information content (AvgIpc) is 2.89. The van der Waals surface area contributed by atoms with Gasteiger partial charge in [-0.1, -0.05) is 90.5 Å². The quantitative estimate of drug-likeness (QED) is 0.523. The lowest BCUT2D eigenvalue weighted by Crippen LogP contribution is -2.24. The van der Waals surface area contributed by atoms with Gasteiger partial charge in [0.1, 0.15) is 0 Å². The van der Waals surface area contributed by atoms with Gasteiger partial charge in [-0.3, -0.25) is 0 Å². The van der Waals surface area contributed by atoms with Gasteiger partial charge in [0.15, 0.2) is 0 Å². The zero-order valence-corrected chi connectivity index (χ0v) is 15.6. The van der Waals surface area contributed by atoms with Crippen molar-refractivity contribution in [1.29, 1.82) is 0 Å². The molecule has 0 N–H and O–H groups in total. The lowest BCUT2D eigenvalue weighted by molar-refractivity contribution is 0.743. The molecule has 1 heterocycles. The van der Waals surface area contributed by atoms with Crippen LogP contribution in [0, 0.1) is 13.8 Å². The molecular formula is C24H22S. The Bertz CT molecular complexity index is 922. The van der Waals surface area contributed by atoms with E-state index in [2.05, 4.69) is 93.2 Å². The summed E-state index contributed by atoms with van der Waals surface area (Å²) in [4.78, 5) is 1.18. The lowest BCUT2D eigenvalue weighted by atomic mass is 9.82. The van der Waals surface area contributed by atoms with E-state index >= 15 is 0 Å². The number of aryl methyl sites for hydroxylation is 2. The minimum absolute atomic E-state index is 0.102. The molecule has 1 atom stereocenters. The summed E-state index contributed by atoms with van der Waals surface area (Å²) in [6.07, 6.45) is 0.969. The van der Waals surface area contributed by atoms with Crippen molar-refractivity contribution in [3.63, 3.8) is 0 Å². The van der Waals surface area contributed by atoms with E-state index in [4.69, 9.17) is 0 Å². The summed E-state index contributed by atoms with van der Waals surface area (Å²) in [5.74, 6) is 0. The van der Waals surface area contributed by atoms with Crippen molar-refractivity contribution in [1.82, 2.24) is 0 Å². The molecule has 4 rings (SSSR count). The molecule has 0 aromatic heterocycles. The van der Waals surface area contributed by atoms with E-state index < -0.39 is 0 Å². The topological polar surface area (TPSA) is 0 Å².